The summed E-state index contributed by atoms with van der Waals surface area (Å²) in [6.45, 7) is 15.2. The third kappa shape index (κ3) is 8.83. The first-order valence-electron chi connectivity index (χ1n) is 27.3. The quantitative estimate of drug-likeness (QED) is 0.138. The van der Waals surface area contributed by atoms with Crippen molar-refractivity contribution in [2.75, 3.05) is 49.1 Å². The number of fused-ring (bicyclic) bond motifs is 10. The molecule has 6 aliphatic carbocycles. The minimum absolute atomic E-state index is 0.0391. The molecule has 6 aromatic rings. The van der Waals surface area contributed by atoms with E-state index >= 15 is 0 Å². The topological polar surface area (TPSA) is 205 Å². The Balaban J connectivity index is 0.000000151. The third-order valence-corrected chi connectivity index (χ3v) is 19.0. The lowest BCUT2D eigenvalue weighted by molar-refractivity contribution is -0.129. The number of aliphatic hydroxyl groups is 2. The van der Waals surface area contributed by atoms with Crippen molar-refractivity contribution in [3.05, 3.63) is 69.8 Å². The minimum atomic E-state index is -0.423. The molecule has 3 aliphatic heterocycles. The molecule has 7 fully saturated rings. The molecule has 0 radical (unpaired) electrons. The Kier molecular flexibility index (Phi) is 12.2. The predicted molar refractivity (Wildman–Crippen MR) is 281 cm³/mol. The SMILES string of the molecule is Cc1cc(N2CCc3c(c(C)nn3CC34CCC(NC(=O)CN5CC(O)C5)(CC3)CC4)C2)c2cnn(C)c2n1.Cc1cc(N2CCc3c(c(C)nn3CC34CCC(NC(=O)CO)(CC3)CC4)C2)c2cnn(C)c2n1. The van der Waals surface area contributed by atoms with Crippen molar-refractivity contribution in [3.8, 4) is 0 Å². The molecule has 4 bridgehead atoms. The smallest absolute Gasteiger partial charge is 0.246 e. The average molecular weight is 1010 g/mol. The molecule has 9 heterocycles. The van der Waals surface area contributed by atoms with Crippen molar-refractivity contribution in [2.45, 2.75) is 161 Å². The summed E-state index contributed by atoms with van der Waals surface area (Å²) in [6, 6.07) is 4.37. The molecule has 2 amide bonds. The maximum atomic E-state index is 12.7. The molecule has 19 heteroatoms. The van der Waals surface area contributed by atoms with Gasteiger partial charge in [-0.05, 0) is 128 Å². The molecule has 0 spiro atoms. The van der Waals surface area contributed by atoms with E-state index in [1.807, 2.05) is 47.7 Å². The number of β-amino-alcohol motifs (C(OH)–C–C–N with tert-alkyl or cyclic N) is 1. The van der Waals surface area contributed by atoms with E-state index in [-0.39, 0.29) is 39.8 Å². The molecule has 0 aromatic carbocycles. The number of nitrogens with zero attached hydrogens (tertiary/aromatic N) is 13. The molecule has 19 nitrogen and oxygen atoms in total. The normalized spacial score (nSPS) is 26.5. The van der Waals surface area contributed by atoms with Gasteiger partial charge in [0.2, 0.25) is 11.8 Å². The standard InChI is InChI=1S/C29H40N8O2.C26H35N7O2/c1-19-12-25(22-13-30-34(3)27(22)31-19)36-11-4-24-23(16-36)20(2)33-37(24)18-28-5-8-29(9-6-28,10-7-28)32-26(39)17-35-14-21(38)15-35;1-17-12-22(19-13-27-31(3)24(19)28-17)32-11-4-21-20(14-32)18(2)30-33(21)16-25-5-8-26(9-6-25,10-7-25)29-23(35)15-34/h12-13,21,38H,4-11,14-18H2,1-3H3,(H,32,39);12-13,34H,4-11,14-16H2,1-3H3,(H,29,35). The number of aromatic nitrogens is 10. The fourth-order valence-electron chi connectivity index (χ4n) is 14.5. The first-order valence-corrected chi connectivity index (χ1v) is 27.3. The van der Waals surface area contributed by atoms with Gasteiger partial charge < -0.3 is 30.6 Å². The van der Waals surface area contributed by atoms with Gasteiger partial charge >= 0.3 is 0 Å². The number of likely N-dealkylation sites (tertiary alicyclic amines) is 1. The number of carbonyl (C=O) groups excluding carboxylic acids is 2. The molecule has 4 N–H and O–H groups in total. The molecule has 0 atom stereocenters. The molecule has 9 aliphatic rings. The summed E-state index contributed by atoms with van der Waals surface area (Å²) in [5.41, 5.74) is 14.5. The van der Waals surface area contributed by atoms with Gasteiger partial charge in [0.1, 0.15) is 6.61 Å². The second kappa shape index (κ2) is 18.4. The van der Waals surface area contributed by atoms with Gasteiger partial charge in [-0.2, -0.15) is 20.4 Å². The van der Waals surface area contributed by atoms with E-state index in [2.05, 4.69) is 77.9 Å². The molecule has 15 rings (SSSR count). The van der Waals surface area contributed by atoms with Gasteiger partial charge in [0.25, 0.3) is 0 Å². The zero-order chi connectivity index (χ0) is 51.3. The minimum Gasteiger partial charge on any atom is -0.390 e. The van der Waals surface area contributed by atoms with E-state index in [0.717, 1.165) is 174 Å². The summed E-state index contributed by atoms with van der Waals surface area (Å²) >= 11 is 0. The van der Waals surface area contributed by atoms with Gasteiger partial charge in [0, 0.05) is 124 Å². The number of nitrogens with one attached hydrogen (secondary N) is 2. The highest BCUT2D eigenvalue weighted by Crippen LogP contribution is 2.55. The third-order valence-electron chi connectivity index (χ3n) is 19.0. The molecule has 6 aromatic heterocycles. The highest BCUT2D eigenvalue weighted by molar-refractivity contribution is 5.90. The number of pyridine rings is 2. The number of aryl methyl sites for hydroxylation is 6. The second-order valence-corrected chi connectivity index (χ2v) is 23.9. The van der Waals surface area contributed by atoms with Crippen molar-refractivity contribution < 1.29 is 19.8 Å². The first kappa shape index (κ1) is 49.0. The van der Waals surface area contributed by atoms with Crippen LogP contribution in [0.4, 0.5) is 11.4 Å². The Hall–Kier alpha value is -5.92. The number of carbonyl (C=O) groups is 2. The molecule has 74 heavy (non-hydrogen) atoms. The van der Waals surface area contributed by atoms with Crippen LogP contribution in [0.15, 0.2) is 24.5 Å². The van der Waals surface area contributed by atoms with Gasteiger partial charge in [-0.25, -0.2) is 9.97 Å². The van der Waals surface area contributed by atoms with Crippen LogP contribution in [0.2, 0.25) is 0 Å². The Morgan fingerprint density at radius 2 is 1.05 bits per heavy atom. The Morgan fingerprint density at radius 3 is 1.46 bits per heavy atom. The number of amides is 2. The summed E-state index contributed by atoms with van der Waals surface area (Å²) in [4.78, 5) is 40.9. The summed E-state index contributed by atoms with van der Waals surface area (Å²) in [5, 5.41) is 46.5. The van der Waals surface area contributed by atoms with Crippen LogP contribution >= 0.6 is 0 Å². The number of hydrogen-bond donors (Lipinski definition) is 4. The molecular weight excluding hydrogens is 935 g/mol. The van der Waals surface area contributed by atoms with Crippen LogP contribution in [0.1, 0.15) is 122 Å². The van der Waals surface area contributed by atoms with Crippen molar-refractivity contribution in [3.63, 3.8) is 0 Å². The fourth-order valence-corrected chi connectivity index (χ4v) is 14.5. The average Bonchev–Trinajstić information content (AvgIpc) is 4.13. The highest BCUT2D eigenvalue weighted by Gasteiger charge is 2.51. The Morgan fingerprint density at radius 1 is 0.635 bits per heavy atom. The number of rotatable bonds is 11. The fraction of sp³-hybridized carbons (Fsp3) is 0.636. The molecule has 1 saturated heterocycles. The van der Waals surface area contributed by atoms with Gasteiger partial charge in [-0.3, -0.25) is 33.2 Å². The maximum absolute atomic E-state index is 12.7. The summed E-state index contributed by atoms with van der Waals surface area (Å²) in [6.07, 6.45) is 18.5. The zero-order valence-electron chi connectivity index (χ0n) is 44.4. The zero-order valence-corrected chi connectivity index (χ0v) is 44.4. The maximum Gasteiger partial charge on any atom is 0.246 e. The number of aliphatic hydroxyl groups excluding tert-OH is 2. The Bertz CT molecular complexity index is 3110. The van der Waals surface area contributed by atoms with E-state index < -0.39 is 6.61 Å². The van der Waals surface area contributed by atoms with E-state index in [0.29, 0.717) is 19.6 Å². The van der Waals surface area contributed by atoms with Crippen LogP contribution < -0.4 is 20.4 Å². The molecular formula is C55H75N15O4. The van der Waals surface area contributed by atoms with Crippen LogP contribution in [0, 0.1) is 38.5 Å². The van der Waals surface area contributed by atoms with Crippen LogP contribution in [-0.4, -0.2) is 133 Å². The number of anilines is 2. The first-order chi connectivity index (χ1) is 35.5. The van der Waals surface area contributed by atoms with E-state index in [4.69, 9.17) is 15.2 Å². The van der Waals surface area contributed by atoms with E-state index in [1.54, 1.807) is 0 Å². The Labute approximate surface area is 433 Å². The van der Waals surface area contributed by atoms with Crippen molar-refractivity contribution in [2.24, 2.45) is 24.9 Å². The predicted octanol–water partition coefficient (Wildman–Crippen LogP) is 4.78. The van der Waals surface area contributed by atoms with Crippen molar-refractivity contribution in [1.82, 2.24) is 64.6 Å². The molecule has 394 valence electrons. The summed E-state index contributed by atoms with van der Waals surface area (Å²) in [7, 11) is 3.90. The van der Waals surface area contributed by atoms with Crippen LogP contribution in [-0.2, 0) is 62.7 Å². The lowest BCUT2D eigenvalue weighted by Gasteiger charge is -2.54. The van der Waals surface area contributed by atoms with E-state index in [9.17, 15) is 19.8 Å². The number of hydrogen-bond acceptors (Lipinski definition) is 13. The lowest BCUT2D eigenvalue weighted by atomic mass is 9.57. The van der Waals surface area contributed by atoms with Gasteiger partial charge in [0.05, 0.1) is 58.6 Å². The van der Waals surface area contributed by atoms with Crippen LogP contribution in [0.3, 0.4) is 0 Å². The summed E-state index contributed by atoms with van der Waals surface area (Å²) < 4.78 is 8.35. The summed E-state index contributed by atoms with van der Waals surface area (Å²) in [5.74, 6) is -0.126. The van der Waals surface area contributed by atoms with Gasteiger partial charge in [-0.15, -0.1) is 0 Å². The van der Waals surface area contributed by atoms with Crippen LogP contribution in [0.5, 0.6) is 0 Å². The van der Waals surface area contributed by atoms with Crippen LogP contribution in [0.25, 0.3) is 22.1 Å². The van der Waals surface area contributed by atoms with Crippen molar-refractivity contribution >= 4 is 45.3 Å². The van der Waals surface area contributed by atoms with Gasteiger partial charge in [0.15, 0.2) is 11.3 Å². The second-order valence-electron chi connectivity index (χ2n) is 23.9. The van der Waals surface area contributed by atoms with E-state index in [1.165, 1.54) is 33.9 Å². The molecule has 0 unspecified atom stereocenters. The highest BCUT2D eigenvalue weighted by atomic mass is 16.3. The molecule has 6 saturated carbocycles. The van der Waals surface area contributed by atoms with Gasteiger partial charge in [-0.1, -0.05) is 0 Å². The lowest BCUT2D eigenvalue weighted by Crippen LogP contribution is -2.60. The van der Waals surface area contributed by atoms with Crippen molar-refractivity contribution in [1.29, 1.82) is 0 Å². The monoisotopic (exact) mass is 1010 g/mol. The largest absolute Gasteiger partial charge is 0.390 e.